The van der Waals surface area contributed by atoms with Crippen molar-refractivity contribution < 1.29 is 9.53 Å². The zero-order valence-electron chi connectivity index (χ0n) is 18.6. The van der Waals surface area contributed by atoms with Crippen molar-refractivity contribution in [3.8, 4) is 5.75 Å². The number of unbranched alkanes of at least 4 members (excludes halogenated alkanes) is 5. The van der Waals surface area contributed by atoms with E-state index < -0.39 is 0 Å². The van der Waals surface area contributed by atoms with Gasteiger partial charge >= 0.3 is 0 Å². The molecular formula is C26H38N2O2. The van der Waals surface area contributed by atoms with Crippen LogP contribution in [-0.4, -0.2) is 18.7 Å². The molecule has 4 heteroatoms. The predicted molar refractivity (Wildman–Crippen MR) is 122 cm³/mol. The lowest BCUT2D eigenvalue weighted by molar-refractivity contribution is -0.146. The summed E-state index contributed by atoms with van der Waals surface area (Å²) >= 11 is 0. The molecule has 0 aliphatic heterocycles. The second kappa shape index (κ2) is 9.98. The Hall–Kier alpha value is -1.84. The van der Waals surface area contributed by atoms with Gasteiger partial charge in [-0.25, -0.2) is 5.43 Å². The lowest BCUT2D eigenvalue weighted by atomic mass is 9.49. The Balaban J connectivity index is 1.19. The summed E-state index contributed by atoms with van der Waals surface area (Å²) in [7, 11) is 0. The third-order valence-corrected chi connectivity index (χ3v) is 7.55. The van der Waals surface area contributed by atoms with E-state index in [0.717, 1.165) is 61.4 Å². The van der Waals surface area contributed by atoms with E-state index in [1.807, 2.05) is 24.3 Å². The molecule has 30 heavy (non-hydrogen) atoms. The van der Waals surface area contributed by atoms with Crippen molar-refractivity contribution in [1.29, 1.82) is 0 Å². The molecule has 0 aromatic heterocycles. The third kappa shape index (κ3) is 5.25. The fraction of sp³-hybridized carbons (Fsp3) is 0.692. The maximum Gasteiger partial charge on any atom is 0.246 e. The summed E-state index contributed by atoms with van der Waals surface area (Å²) in [6.07, 6.45) is 16.7. The van der Waals surface area contributed by atoms with Crippen LogP contribution in [0.2, 0.25) is 0 Å². The third-order valence-electron chi connectivity index (χ3n) is 7.55. The van der Waals surface area contributed by atoms with Gasteiger partial charge in [0.25, 0.3) is 0 Å². The van der Waals surface area contributed by atoms with Crippen molar-refractivity contribution in [1.82, 2.24) is 5.43 Å². The lowest BCUT2D eigenvalue weighted by Crippen LogP contribution is -2.52. The minimum absolute atomic E-state index is 0.139. The van der Waals surface area contributed by atoms with Crippen LogP contribution in [0.5, 0.6) is 5.75 Å². The van der Waals surface area contributed by atoms with Crippen LogP contribution in [-0.2, 0) is 4.79 Å². The van der Waals surface area contributed by atoms with Crippen LogP contribution in [0.1, 0.15) is 89.5 Å². The van der Waals surface area contributed by atoms with E-state index in [2.05, 4.69) is 17.5 Å². The Bertz CT molecular complexity index is 690. The molecule has 0 saturated heterocycles. The van der Waals surface area contributed by atoms with Crippen LogP contribution in [0.15, 0.2) is 29.4 Å². The minimum atomic E-state index is -0.139. The monoisotopic (exact) mass is 410 g/mol. The maximum absolute atomic E-state index is 12.9. The molecule has 0 atom stereocenters. The summed E-state index contributed by atoms with van der Waals surface area (Å²) in [5.41, 5.74) is 3.71. The summed E-state index contributed by atoms with van der Waals surface area (Å²) in [5, 5.41) is 4.27. The van der Waals surface area contributed by atoms with Gasteiger partial charge in [-0.1, -0.05) is 39.0 Å². The fourth-order valence-corrected chi connectivity index (χ4v) is 6.40. The number of benzene rings is 1. The van der Waals surface area contributed by atoms with E-state index in [9.17, 15) is 4.79 Å². The molecule has 1 N–H and O–H groups in total. The summed E-state index contributed by atoms with van der Waals surface area (Å²) in [4.78, 5) is 12.9. The van der Waals surface area contributed by atoms with E-state index in [-0.39, 0.29) is 11.3 Å². The number of ether oxygens (including phenoxy) is 1. The van der Waals surface area contributed by atoms with E-state index >= 15 is 0 Å². The number of amides is 1. The molecule has 4 nitrogen and oxygen atoms in total. The van der Waals surface area contributed by atoms with E-state index in [0.29, 0.717) is 0 Å². The van der Waals surface area contributed by atoms with Crippen LogP contribution in [0.4, 0.5) is 0 Å². The highest BCUT2D eigenvalue weighted by Crippen LogP contribution is 2.60. The molecule has 0 spiro atoms. The van der Waals surface area contributed by atoms with Gasteiger partial charge < -0.3 is 4.74 Å². The van der Waals surface area contributed by atoms with Gasteiger partial charge in [-0.2, -0.15) is 5.10 Å². The number of carbonyl (C=O) groups excluding carboxylic acids is 1. The number of rotatable bonds is 11. The standard InChI is InChI=1S/C26H38N2O2/c1-2-3-4-5-6-7-12-30-24-10-8-20(9-11-24)19-27-28-25(29)26-16-21-13-22(17-26)15-23(14-21)18-26/h8-11,19,21-23H,2-7,12-18H2,1H3,(H,28,29)/b27-19-. The normalized spacial score (nSPS) is 29.4. The Morgan fingerprint density at radius 1 is 1.00 bits per heavy atom. The van der Waals surface area contributed by atoms with Crippen molar-refractivity contribution in [2.75, 3.05) is 6.61 Å². The highest BCUT2D eigenvalue weighted by Gasteiger charge is 2.54. The van der Waals surface area contributed by atoms with Gasteiger partial charge in [0.2, 0.25) is 5.91 Å². The molecule has 4 saturated carbocycles. The zero-order chi connectivity index (χ0) is 20.8. The summed E-state index contributed by atoms with van der Waals surface area (Å²) < 4.78 is 5.83. The van der Waals surface area contributed by atoms with Gasteiger partial charge in [0.1, 0.15) is 5.75 Å². The van der Waals surface area contributed by atoms with Gasteiger partial charge in [0, 0.05) is 0 Å². The smallest absolute Gasteiger partial charge is 0.246 e. The van der Waals surface area contributed by atoms with Crippen molar-refractivity contribution in [2.45, 2.75) is 84.0 Å². The van der Waals surface area contributed by atoms with Crippen LogP contribution < -0.4 is 10.2 Å². The fourth-order valence-electron chi connectivity index (χ4n) is 6.40. The SMILES string of the molecule is CCCCCCCCOc1ccc(/C=N\NC(=O)C23CC4CC(CC(C4)C2)C3)cc1. The quantitative estimate of drug-likeness (QED) is 0.272. The second-order valence-electron chi connectivity index (χ2n) is 10.1. The van der Waals surface area contributed by atoms with Crippen LogP contribution >= 0.6 is 0 Å². The predicted octanol–water partition coefficient (Wildman–Crippen LogP) is 6.09. The number of nitrogens with one attached hydrogen (secondary N) is 1. The number of nitrogens with zero attached hydrogens (tertiary/aromatic N) is 1. The first kappa shape index (κ1) is 21.4. The summed E-state index contributed by atoms with van der Waals surface area (Å²) in [6, 6.07) is 7.96. The van der Waals surface area contributed by atoms with Gasteiger partial charge in [0.05, 0.1) is 18.2 Å². The highest BCUT2D eigenvalue weighted by molar-refractivity contribution is 5.85. The van der Waals surface area contributed by atoms with Crippen LogP contribution in [0.25, 0.3) is 0 Å². The van der Waals surface area contributed by atoms with Gasteiger partial charge in [-0.3, -0.25) is 4.79 Å². The molecule has 0 unspecified atom stereocenters. The van der Waals surface area contributed by atoms with Crippen molar-refractivity contribution in [2.24, 2.45) is 28.3 Å². The topological polar surface area (TPSA) is 50.7 Å². The molecule has 4 aliphatic rings. The maximum atomic E-state index is 12.9. The van der Waals surface area contributed by atoms with Gasteiger partial charge in [0.15, 0.2) is 0 Å². The number of hydrogen-bond acceptors (Lipinski definition) is 3. The first-order chi connectivity index (χ1) is 14.7. The molecule has 5 rings (SSSR count). The van der Waals surface area contributed by atoms with Gasteiger partial charge in [-0.05, 0) is 92.5 Å². The molecule has 1 aromatic rings. The van der Waals surface area contributed by atoms with E-state index in [1.165, 1.54) is 51.4 Å². The Kier molecular flexibility index (Phi) is 7.12. The second-order valence-corrected chi connectivity index (χ2v) is 10.1. The Labute approximate surface area is 181 Å². The van der Waals surface area contributed by atoms with Crippen molar-refractivity contribution in [3.63, 3.8) is 0 Å². The first-order valence-corrected chi connectivity index (χ1v) is 12.2. The molecule has 4 bridgehead atoms. The number of hydrogen-bond donors (Lipinski definition) is 1. The minimum Gasteiger partial charge on any atom is -0.494 e. The van der Waals surface area contributed by atoms with E-state index in [1.54, 1.807) is 6.21 Å². The van der Waals surface area contributed by atoms with Crippen molar-refractivity contribution in [3.05, 3.63) is 29.8 Å². The first-order valence-electron chi connectivity index (χ1n) is 12.2. The highest BCUT2D eigenvalue weighted by atomic mass is 16.5. The molecular weight excluding hydrogens is 372 g/mol. The largest absolute Gasteiger partial charge is 0.494 e. The average Bonchev–Trinajstić information content (AvgIpc) is 2.73. The molecule has 1 aromatic carbocycles. The molecule has 4 aliphatic carbocycles. The summed E-state index contributed by atoms with van der Waals surface area (Å²) in [6.45, 7) is 3.02. The molecule has 1 amide bonds. The molecule has 0 radical (unpaired) electrons. The zero-order valence-corrected chi connectivity index (χ0v) is 18.6. The van der Waals surface area contributed by atoms with Crippen molar-refractivity contribution >= 4 is 12.1 Å². The van der Waals surface area contributed by atoms with E-state index in [4.69, 9.17) is 4.74 Å². The Morgan fingerprint density at radius 3 is 2.23 bits per heavy atom. The number of carbonyl (C=O) groups is 1. The van der Waals surface area contributed by atoms with Gasteiger partial charge in [-0.15, -0.1) is 0 Å². The van der Waals surface area contributed by atoms with Crippen LogP contribution in [0, 0.1) is 23.2 Å². The summed E-state index contributed by atoms with van der Waals surface area (Å²) in [5.74, 6) is 3.37. The molecule has 0 heterocycles. The number of hydrazone groups is 1. The lowest BCUT2D eigenvalue weighted by Gasteiger charge is -2.55. The Morgan fingerprint density at radius 2 is 1.60 bits per heavy atom. The average molecular weight is 411 g/mol. The van der Waals surface area contributed by atoms with Crippen LogP contribution in [0.3, 0.4) is 0 Å². The molecule has 4 fully saturated rings. The molecule has 164 valence electrons.